The maximum Gasteiger partial charge on any atom is 0.194 e. The largest absolute Gasteiger partial charge is 0.355 e. The van der Waals surface area contributed by atoms with Gasteiger partial charge >= 0.3 is 0 Å². The first-order valence-corrected chi connectivity index (χ1v) is 11.3. The van der Waals surface area contributed by atoms with Gasteiger partial charge < -0.3 is 14.8 Å². The second-order valence-electron chi connectivity index (χ2n) is 7.26. The molecule has 2 heterocycles. The van der Waals surface area contributed by atoms with E-state index in [0.29, 0.717) is 0 Å². The van der Waals surface area contributed by atoms with E-state index in [4.69, 9.17) is 4.99 Å². The fraction of sp³-hybridized carbons (Fsp3) is 0.571. The van der Waals surface area contributed by atoms with E-state index >= 15 is 0 Å². The number of rotatable bonds is 8. The normalized spacial score (nSPS) is 15.8. The second-order valence-corrected chi connectivity index (χ2v) is 8.43. The summed E-state index contributed by atoms with van der Waals surface area (Å²) in [4.78, 5) is 8.64. The molecule has 3 rings (SSSR count). The summed E-state index contributed by atoms with van der Waals surface area (Å²) in [7, 11) is 0. The molecule has 1 saturated heterocycles. The molecule has 152 valence electrons. The Kier molecular flexibility index (Phi) is 8.21. The van der Waals surface area contributed by atoms with Crippen LogP contribution in [0.2, 0.25) is 0 Å². The Hall–Kier alpha value is -2.02. The molecule has 7 heteroatoms. The van der Waals surface area contributed by atoms with Gasteiger partial charge in [-0.05, 0) is 30.9 Å². The number of aliphatic imine (C=N–C) groups is 1. The molecule has 1 N–H and O–H groups in total. The number of guanidine groups is 1. The van der Waals surface area contributed by atoms with E-state index in [1.165, 1.54) is 17.7 Å². The molecular formula is C21H32N6S. The quantitative estimate of drug-likeness (QED) is 0.319. The van der Waals surface area contributed by atoms with Gasteiger partial charge in [-0.2, -0.15) is 0 Å². The van der Waals surface area contributed by atoms with Gasteiger partial charge in [-0.3, -0.25) is 4.99 Å². The minimum atomic E-state index is 0.741. The lowest BCUT2D eigenvalue weighted by atomic mass is 10.00. The molecule has 1 aromatic carbocycles. The average molecular weight is 401 g/mol. The number of piperidine rings is 1. The van der Waals surface area contributed by atoms with Crippen LogP contribution in [0.15, 0.2) is 46.5 Å². The van der Waals surface area contributed by atoms with Crippen LogP contribution in [0.3, 0.4) is 0 Å². The minimum absolute atomic E-state index is 0.741. The van der Waals surface area contributed by atoms with Crippen molar-refractivity contribution >= 4 is 17.7 Å². The summed E-state index contributed by atoms with van der Waals surface area (Å²) < 4.78 is 2.10. The maximum absolute atomic E-state index is 4.91. The van der Waals surface area contributed by atoms with Crippen molar-refractivity contribution in [1.29, 1.82) is 0 Å². The first-order valence-electron chi connectivity index (χ1n) is 10.3. The highest BCUT2D eigenvalue weighted by atomic mass is 32.2. The lowest BCUT2D eigenvalue weighted by Crippen LogP contribution is -2.46. The van der Waals surface area contributed by atoms with Crippen molar-refractivity contribution in [2.75, 3.05) is 31.9 Å². The molecule has 0 aliphatic carbocycles. The molecule has 0 atom stereocenters. The molecular weight excluding hydrogens is 368 g/mol. The molecule has 1 aliphatic rings. The van der Waals surface area contributed by atoms with Crippen molar-refractivity contribution in [1.82, 2.24) is 25.0 Å². The highest BCUT2D eigenvalue weighted by Gasteiger charge is 2.18. The van der Waals surface area contributed by atoms with Gasteiger partial charge in [0.25, 0.3) is 0 Å². The van der Waals surface area contributed by atoms with Gasteiger partial charge in [-0.15, -0.1) is 22.0 Å². The van der Waals surface area contributed by atoms with E-state index in [2.05, 4.69) is 69.2 Å². The van der Waals surface area contributed by atoms with Gasteiger partial charge in [-0.1, -0.05) is 32.0 Å². The number of benzene rings is 1. The van der Waals surface area contributed by atoms with Crippen molar-refractivity contribution < 1.29 is 0 Å². The summed E-state index contributed by atoms with van der Waals surface area (Å²) >= 11 is 1.88. The van der Waals surface area contributed by atoms with Gasteiger partial charge in [0, 0.05) is 43.2 Å². The van der Waals surface area contributed by atoms with Crippen molar-refractivity contribution in [3.8, 4) is 0 Å². The molecule has 1 fully saturated rings. The molecule has 1 aromatic heterocycles. The van der Waals surface area contributed by atoms with Crippen molar-refractivity contribution in [2.45, 2.75) is 44.6 Å². The molecule has 6 nitrogen and oxygen atoms in total. The Morgan fingerprint density at radius 3 is 2.79 bits per heavy atom. The highest BCUT2D eigenvalue weighted by Crippen LogP contribution is 2.17. The lowest BCUT2D eigenvalue weighted by molar-refractivity contribution is 0.273. The van der Waals surface area contributed by atoms with E-state index in [-0.39, 0.29) is 0 Å². The molecule has 0 spiro atoms. The molecule has 0 amide bonds. The fourth-order valence-corrected chi connectivity index (χ4v) is 4.13. The zero-order valence-electron chi connectivity index (χ0n) is 17.0. The predicted octanol–water partition coefficient (Wildman–Crippen LogP) is 3.31. The van der Waals surface area contributed by atoms with Crippen LogP contribution in [-0.4, -0.2) is 57.6 Å². The number of aromatic nitrogens is 3. The van der Waals surface area contributed by atoms with Gasteiger partial charge in [0.1, 0.15) is 12.2 Å². The number of hydrogen-bond donors (Lipinski definition) is 1. The van der Waals surface area contributed by atoms with Gasteiger partial charge in [0.2, 0.25) is 0 Å². The Balaban J connectivity index is 1.53. The van der Waals surface area contributed by atoms with Crippen LogP contribution in [0.1, 0.15) is 32.5 Å². The highest BCUT2D eigenvalue weighted by molar-refractivity contribution is 7.99. The van der Waals surface area contributed by atoms with E-state index in [1.807, 2.05) is 11.8 Å². The monoisotopic (exact) mass is 400 g/mol. The Labute approximate surface area is 172 Å². The molecule has 0 radical (unpaired) electrons. The molecule has 28 heavy (non-hydrogen) atoms. The summed E-state index contributed by atoms with van der Waals surface area (Å²) in [5.74, 6) is 3.91. The predicted molar refractivity (Wildman–Crippen MR) is 117 cm³/mol. The van der Waals surface area contributed by atoms with E-state index < -0.39 is 0 Å². The van der Waals surface area contributed by atoms with Crippen LogP contribution in [-0.2, 0) is 13.0 Å². The third-order valence-corrected chi connectivity index (χ3v) is 6.11. The van der Waals surface area contributed by atoms with Crippen LogP contribution in [0.4, 0.5) is 0 Å². The molecule has 0 saturated carbocycles. The SMILES string of the molecule is CCc1nncn1CCN=C(NCCSc1ccccc1)N1CCC(C)CC1. The first kappa shape index (κ1) is 20.7. The first-order chi connectivity index (χ1) is 13.8. The standard InChI is InChI=1S/C21H32N6S/c1-3-20-25-24-17-27(20)15-11-22-21(26-13-9-18(2)10-14-26)23-12-16-28-19-7-5-4-6-8-19/h4-8,17-18H,3,9-16H2,1-2H3,(H,22,23). The van der Waals surface area contributed by atoms with Gasteiger partial charge in [-0.25, -0.2) is 0 Å². The van der Waals surface area contributed by atoms with E-state index in [0.717, 1.165) is 62.6 Å². The van der Waals surface area contributed by atoms with Crippen molar-refractivity contribution in [2.24, 2.45) is 10.9 Å². The summed E-state index contributed by atoms with van der Waals surface area (Å²) in [5.41, 5.74) is 0. The topological polar surface area (TPSA) is 58.3 Å². The summed E-state index contributed by atoms with van der Waals surface area (Å²) in [6.07, 6.45) is 5.19. The number of hydrogen-bond acceptors (Lipinski definition) is 4. The molecule has 0 unspecified atom stereocenters. The third kappa shape index (κ3) is 6.26. The maximum atomic E-state index is 4.91. The zero-order valence-corrected chi connectivity index (χ0v) is 17.9. The summed E-state index contributed by atoms with van der Waals surface area (Å²) in [6.45, 7) is 9.11. The van der Waals surface area contributed by atoms with E-state index in [1.54, 1.807) is 6.33 Å². The Bertz CT molecular complexity index is 722. The lowest BCUT2D eigenvalue weighted by Gasteiger charge is -2.33. The fourth-order valence-electron chi connectivity index (χ4n) is 3.34. The van der Waals surface area contributed by atoms with E-state index in [9.17, 15) is 0 Å². The van der Waals surface area contributed by atoms with Crippen LogP contribution in [0, 0.1) is 5.92 Å². The van der Waals surface area contributed by atoms with Gasteiger partial charge in [0.05, 0.1) is 6.54 Å². The zero-order chi connectivity index (χ0) is 19.6. The number of aryl methyl sites for hydroxylation is 1. The number of likely N-dealkylation sites (tertiary alicyclic amines) is 1. The Morgan fingerprint density at radius 2 is 2.04 bits per heavy atom. The van der Waals surface area contributed by atoms with Crippen LogP contribution < -0.4 is 5.32 Å². The molecule has 2 aromatic rings. The average Bonchev–Trinajstić information content (AvgIpc) is 3.19. The van der Waals surface area contributed by atoms with Crippen LogP contribution in [0.5, 0.6) is 0 Å². The summed E-state index contributed by atoms with van der Waals surface area (Å²) in [6, 6.07) is 10.6. The van der Waals surface area contributed by atoms with Gasteiger partial charge in [0.15, 0.2) is 5.96 Å². The second kappa shape index (κ2) is 11.1. The van der Waals surface area contributed by atoms with Crippen LogP contribution in [0.25, 0.3) is 0 Å². The van der Waals surface area contributed by atoms with Crippen LogP contribution >= 0.6 is 11.8 Å². The minimum Gasteiger partial charge on any atom is -0.355 e. The summed E-state index contributed by atoms with van der Waals surface area (Å²) in [5, 5.41) is 11.8. The molecule has 0 bridgehead atoms. The smallest absolute Gasteiger partial charge is 0.194 e. The third-order valence-electron chi connectivity index (χ3n) is 5.09. The Morgan fingerprint density at radius 1 is 1.25 bits per heavy atom. The number of nitrogens with one attached hydrogen (secondary N) is 1. The van der Waals surface area contributed by atoms with Crippen molar-refractivity contribution in [3.05, 3.63) is 42.5 Å². The number of nitrogens with zero attached hydrogens (tertiary/aromatic N) is 5. The molecule has 1 aliphatic heterocycles. The van der Waals surface area contributed by atoms with Crippen molar-refractivity contribution in [3.63, 3.8) is 0 Å². The number of thioether (sulfide) groups is 1.